The van der Waals surface area contributed by atoms with Crippen LogP contribution in [0, 0.1) is 5.92 Å². The topological polar surface area (TPSA) is 139 Å². The van der Waals surface area contributed by atoms with Crippen molar-refractivity contribution in [2.45, 2.75) is 51.3 Å². The average molecular weight is 1030 g/mol. The Morgan fingerprint density at radius 2 is 1.07 bits per heavy atom. The number of nitrogens with zero attached hydrogens (tertiary/aromatic N) is 5. The summed E-state index contributed by atoms with van der Waals surface area (Å²) in [6, 6.07) is 64.4. The van der Waals surface area contributed by atoms with Gasteiger partial charge >= 0.3 is 6.09 Å². The van der Waals surface area contributed by atoms with Gasteiger partial charge in [0.25, 0.3) is 14.2 Å². The van der Waals surface area contributed by atoms with Gasteiger partial charge in [0.2, 0.25) is 11.9 Å². The number of anilines is 3. The number of carbonyl (C=O) groups excluding carboxylic acids is 2. The fraction of sp³-hybridized carbons (Fsp3) is 0.210. The molecule has 0 aliphatic carbocycles. The van der Waals surface area contributed by atoms with Gasteiger partial charge in [-0.25, -0.2) is 14.7 Å². The largest absolute Gasteiger partial charge is 0.497 e. The lowest BCUT2D eigenvalue weighted by Gasteiger charge is -2.44. The van der Waals surface area contributed by atoms with E-state index in [1.165, 1.54) is 4.90 Å². The molecule has 0 aliphatic rings. The summed E-state index contributed by atoms with van der Waals surface area (Å²) in [6.45, 7) is 10.4. The average Bonchev–Trinajstić information content (AvgIpc) is 3.88. The molecular formula is C62H62N6O7Si. The standard InChI is InChI=1S/C62H62N6O7Si/c1-44(2)57(69)65-59-64-56-55(58(66-59)75-60(70)68(48-25-15-9-16-26-48)49-27-17-10-18-28-49)63-43-67(56)50(42-74-76(61(3,4)5,53-29-19-11-20-30-53)54-31-21-12-22-32-54)41-73-62(45-23-13-8-14-24-45,46-33-37-51(71-6)38-34-46)47-35-39-52(72-7)40-36-47/h8-40,43-44,50H,41-42H2,1-7H3,(H,64,65,66,69)/t50-/m0/s1. The van der Waals surface area contributed by atoms with Gasteiger partial charge in [0.1, 0.15) is 17.1 Å². The van der Waals surface area contributed by atoms with Gasteiger partial charge in [0, 0.05) is 5.92 Å². The van der Waals surface area contributed by atoms with E-state index in [1.807, 2.05) is 144 Å². The van der Waals surface area contributed by atoms with Crippen molar-refractivity contribution in [3.8, 4) is 17.4 Å². The van der Waals surface area contributed by atoms with Gasteiger partial charge < -0.3 is 27.9 Å². The molecule has 0 aliphatic heterocycles. The number of imidazole rings is 1. The van der Waals surface area contributed by atoms with Crippen LogP contribution in [-0.2, 0) is 19.6 Å². The number of rotatable bonds is 19. The van der Waals surface area contributed by atoms with E-state index in [-0.39, 0.29) is 47.2 Å². The van der Waals surface area contributed by atoms with Crippen molar-refractivity contribution in [1.82, 2.24) is 19.5 Å². The van der Waals surface area contributed by atoms with Crippen LogP contribution in [0.1, 0.15) is 57.4 Å². The number of carbonyl (C=O) groups is 2. The second-order valence-electron chi connectivity index (χ2n) is 19.6. The molecule has 2 heterocycles. The van der Waals surface area contributed by atoms with Gasteiger partial charge in [0.05, 0.1) is 51.2 Å². The number of benzene rings is 7. The lowest BCUT2D eigenvalue weighted by atomic mass is 9.80. The lowest BCUT2D eigenvalue weighted by Crippen LogP contribution is -2.67. The van der Waals surface area contributed by atoms with Crippen molar-refractivity contribution in [3.05, 3.63) is 223 Å². The summed E-state index contributed by atoms with van der Waals surface area (Å²) in [5, 5.41) is 4.67. The van der Waals surface area contributed by atoms with E-state index in [9.17, 15) is 9.59 Å². The van der Waals surface area contributed by atoms with Gasteiger partial charge in [-0.05, 0) is 80.6 Å². The normalized spacial score (nSPS) is 12.3. The number of hydrogen-bond acceptors (Lipinski definition) is 10. The first-order valence-electron chi connectivity index (χ1n) is 25.3. The summed E-state index contributed by atoms with van der Waals surface area (Å²) in [7, 11) is 0.0679. The van der Waals surface area contributed by atoms with Crippen LogP contribution < -0.4 is 34.8 Å². The minimum atomic E-state index is -3.22. The summed E-state index contributed by atoms with van der Waals surface area (Å²) in [5.41, 5.74) is 2.88. The Labute approximate surface area is 445 Å². The van der Waals surface area contributed by atoms with Crippen molar-refractivity contribution in [2.75, 3.05) is 37.7 Å². The maximum atomic E-state index is 14.7. The van der Waals surface area contributed by atoms with Crippen LogP contribution >= 0.6 is 0 Å². The molecule has 0 unspecified atom stereocenters. The molecule has 0 radical (unpaired) electrons. The van der Waals surface area contributed by atoms with Gasteiger partial charge in [-0.15, -0.1) is 0 Å². The molecule has 0 saturated carbocycles. The molecule has 386 valence electrons. The van der Waals surface area contributed by atoms with Crippen molar-refractivity contribution < 1.29 is 33.0 Å². The molecule has 2 aromatic heterocycles. The Bertz CT molecular complexity index is 3220. The number of nitrogens with one attached hydrogen (secondary N) is 1. The van der Waals surface area contributed by atoms with Crippen LogP contribution in [0.15, 0.2) is 207 Å². The van der Waals surface area contributed by atoms with Gasteiger partial charge in [-0.2, -0.15) is 9.97 Å². The minimum Gasteiger partial charge on any atom is -0.497 e. The van der Waals surface area contributed by atoms with Crippen LogP contribution in [0.5, 0.6) is 17.4 Å². The Kier molecular flexibility index (Phi) is 15.9. The SMILES string of the molecule is COc1ccc(C(OC[C@@H](CO[Si](c2ccccc2)(c2ccccc2)C(C)(C)C)n2cnc3c(OC(=O)N(c4ccccc4)c4ccccc4)nc(NC(=O)C(C)C)nc32)(c2ccccc2)c2ccc(OC)cc2)cc1. The van der Waals surface area contributed by atoms with Crippen molar-refractivity contribution in [3.63, 3.8) is 0 Å². The Hall–Kier alpha value is -8.43. The molecule has 7 aromatic carbocycles. The highest BCUT2D eigenvalue weighted by atomic mass is 28.4. The Morgan fingerprint density at radius 1 is 0.605 bits per heavy atom. The molecule has 9 aromatic rings. The second-order valence-corrected chi connectivity index (χ2v) is 23.9. The van der Waals surface area contributed by atoms with E-state index in [2.05, 4.69) is 91.7 Å². The first-order chi connectivity index (χ1) is 36.9. The zero-order valence-electron chi connectivity index (χ0n) is 43.8. The van der Waals surface area contributed by atoms with Gasteiger partial charge in [-0.1, -0.05) is 186 Å². The fourth-order valence-electron chi connectivity index (χ4n) is 9.67. The van der Waals surface area contributed by atoms with E-state index in [0.717, 1.165) is 27.1 Å². The van der Waals surface area contributed by atoms with Crippen molar-refractivity contribution >= 4 is 59.2 Å². The number of ether oxygens (including phenoxy) is 4. The van der Waals surface area contributed by atoms with Crippen LogP contribution in [-0.4, -0.2) is 67.3 Å². The smallest absolute Gasteiger partial charge is 0.425 e. The number of fused-ring (bicyclic) bond motifs is 1. The zero-order valence-corrected chi connectivity index (χ0v) is 44.8. The molecular weight excluding hydrogens is 969 g/mol. The number of para-hydroxylation sites is 2. The van der Waals surface area contributed by atoms with Crippen LogP contribution in [0.3, 0.4) is 0 Å². The van der Waals surface area contributed by atoms with E-state index in [4.69, 9.17) is 33.3 Å². The minimum absolute atomic E-state index is 0.0131. The van der Waals surface area contributed by atoms with E-state index in [1.54, 1.807) is 34.4 Å². The monoisotopic (exact) mass is 1030 g/mol. The summed E-state index contributed by atoms with van der Waals surface area (Å²) in [6.07, 6.45) is 0.888. The molecule has 14 heteroatoms. The highest BCUT2D eigenvalue weighted by Crippen LogP contribution is 2.44. The van der Waals surface area contributed by atoms with Crippen LogP contribution in [0.4, 0.5) is 22.1 Å². The molecule has 9 rings (SSSR count). The first-order valence-corrected chi connectivity index (χ1v) is 27.2. The van der Waals surface area contributed by atoms with E-state index >= 15 is 0 Å². The number of methoxy groups -OCH3 is 2. The molecule has 0 bridgehead atoms. The highest BCUT2D eigenvalue weighted by molar-refractivity contribution is 6.99. The van der Waals surface area contributed by atoms with Gasteiger partial charge in [-0.3, -0.25) is 10.1 Å². The number of aromatic nitrogens is 4. The fourth-order valence-corrected chi connectivity index (χ4v) is 14.3. The number of hydrogen-bond donors (Lipinski definition) is 1. The predicted molar refractivity (Wildman–Crippen MR) is 301 cm³/mol. The quantitative estimate of drug-likeness (QED) is 0.0615. The van der Waals surface area contributed by atoms with Crippen molar-refractivity contribution in [1.29, 1.82) is 0 Å². The molecule has 0 saturated heterocycles. The first kappa shape index (κ1) is 52.4. The highest BCUT2D eigenvalue weighted by Gasteiger charge is 2.51. The molecule has 0 spiro atoms. The molecule has 1 atom stereocenters. The maximum Gasteiger partial charge on any atom is 0.425 e. The maximum absolute atomic E-state index is 14.7. The van der Waals surface area contributed by atoms with Gasteiger partial charge in [0.15, 0.2) is 11.2 Å². The zero-order chi connectivity index (χ0) is 53.3. The third kappa shape index (κ3) is 10.7. The summed E-state index contributed by atoms with van der Waals surface area (Å²) >= 11 is 0. The van der Waals surface area contributed by atoms with E-state index in [0.29, 0.717) is 22.9 Å². The number of amides is 2. The van der Waals surface area contributed by atoms with Crippen molar-refractivity contribution in [2.24, 2.45) is 5.92 Å². The van der Waals surface area contributed by atoms with E-state index < -0.39 is 32.0 Å². The molecule has 2 amide bonds. The Morgan fingerprint density at radius 3 is 1.53 bits per heavy atom. The summed E-state index contributed by atoms with van der Waals surface area (Å²) in [4.78, 5) is 44.2. The van der Waals surface area contributed by atoms with Crippen LogP contribution in [0.25, 0.3) is 11.2 Å². The summed E-state index contributed by atoms with van der Waals surface area (Å²) < 4.78 is 35.0. The third-order valence-electron chi connectivity index (χ3n) is 13.5. The molecule has 13 nitrogen and oxygen atoms in total. The Balaban J connectivity index is 1.24. The predicted octanol–water partition coefficient (Wildman–Crippen LogP) is 11.9. The van der Waals surface area contributed by atoms with Crippen LogP contribution in [0.2, 0.25) is 5.04 Å². The molecule has 76 heavy (non-hydrogen) atoms. The second kappa shape index (κ2) is 23.0. The lowest BCUT2D eigenvalue weighted by molar-refractivity contribution is -0.118. The summed E-state index contributed by atoms with van der Waals surface area (Å²) in [5.74, 6) is 0.379. The third-order valence-corrected chi connectivity index (χ3v) is 18.5. The molecule has 0 fully saturated rings. The molecule has 1 N–H and O–H groups in total.